The van der Waals surface area contributed by atoms with Gasteiger partial charge in [0.25, 0.3) is 11.8 Å². The van der Waals surface area contributed by atoms with Crippen molar-refractivity contribution in [2.24, 2.45) is 5.92 Å². The molecule has 0 spiro atoms. The van der Waals surface area contributed by atoms with E-state index >= 15 is 0 Å². The highest BCUT2D eigenvalue weighted by Crippen LogP contribution is 2.41. The van der Waals surface area contributed by atoms with Gasteiger partial charge in [-0.1, -0.05) is 26.0 Å². The molecule has 0 bridgehead atoms. The van der Waals surface area contributed by atoms with Crippen molar-refractivity contribution in [3.05, 3.63) is 57.3 Å². The van der Waals surface area contributed by atoms with E-state index in [4.69, 9.17) is 6.42 Å². The molecule has 0 unspecified atom stereocenters. The summed E-state index contributed by atoms with van der Waals surface area (Å²) < 4.78 is 0. The van der Waals surface area contributed by atoms with E-state index in [9.17, 15) is 14.4 Å². The Bertz CT molecular complexity index is 982. The molecule has 0 N–H and O–H groups in total. The first-order valence-electron chi connectivity index (χ1n) is 9.46. The molecule has 0 saturated carbocycles. The predicted octanol–water partition coefficient (Wildman–Crippen LogP) is 3.15. The average molecular weight is 409 g/mol. The summed E-state index contributed by atoms with van der Waals surface area (Å²) in [5.41, 5.74) is 2.45. The van der Waals surface area contributed by atoms with Gasteiger partial charge >= 0.3 is 0 Å². The van der Waals surface area contributed by atoms with E-state index in [1.54, 1.807) is 42.5 Å². The molecule has 0 fully saturated rings. The molecule has 5 nitrogen and oxygen atoms in total. The Kier molecular flexibility index (Phi) is 5.90. The Hall–Kier alpha value is -2.91. The van der Waals surface area contributed by atoms with Gasteiger partial charge in [-0.05, 0) is 40.6 Å². The molecule has 1 aromatic heterocycles. The molecule has 1 aliphatic rings. The lowest BCUT2D eigenvalue weighted by Gasteiger charge is -2.41. The van der Waals surface area contributed by atoms with Crippen LogP contribution in [0.1, 0.15) is 46.3 Å². The SMILES string of the molecule is C#CC(=O)N1[C@@H](c2ccc(C(=O)N(C)C)cc2)c2sccc2C[C@@H]1C(=O)C(C)C. The summed E-state index contributed by atoms with van der Waals surface area (Å²) in [6.07, 6.45) is 5.94. The molecule has 3 rings (SSSR count). The third kappa shape index (κ3) is 3.83. The monoisotopic (exact) mass is 408 g/mol. The normalized spacial score (nSPS) is 18.1. The quantitative estimate of drug-likeness (QED) is 0.731. The van der Waals surface area contributed by atoms with E-state index in [0.717, 1.165) is 16.0 Å². The van der Waals surface area contributed by atoms with Crippen molar-refractivity contribution in [1.82, 2.24) is 9.80 Å². The molecule has 2 aromatic rings. The lowest BCUT2D eigenvalue weighted by Crippen LogP contribution is -2.51. The van der Waals surface area contributed by atoms with Crippen molar-refractivity contribution in [3.63, 3.8) is 0 Å². The maximum atomic E-state index is 12.9. The molecule has 2 amide bonds. The number of hydrogen-bond acceptors (Lipinski definition) is 4. The maximum Gasteiger partial charge on any atom is 0.299 e. The average Bonchev–Trinajstić information content (AvgIpc) is 3.19. The predicted molar refractivity (Wildman–Crippen MR) is 114 cm³/mol. The van der Waals surface area contributed by atoms with E-state index in [0.29, 0.717) is 12.0 Å². The highest BCUT2D eigenvalue weighted by atomic mass is 32.1. The van der Waals surface area contributed by atoms with Gasteiger partial charge in [-0.15, -0.1) is 17.8 Å². The molecular weight excluding hydrogens is 384 g/mol. The van der Waals surface area contributed by atoms with Crippen molar-refractivity contribution in [2.45, 2.75) is 32.4 Å². The van der Waals surface area contributed by atoms with Crippen LogP contribution in [-0.2, 0) is 16.0 Å². The topological polar surface area (TPSA) is 57.7 Å². The molecule has 150 valence electrons. The van der Waals surface area contributed by atoms with Crippen LogP contribution in [0, 0.1) is 18.3 Å². The third-order valence-corrected chi connectivity index (χ3v) is 6.20. The second-order valence-electron chi connectivity index (χ2n) is 7.67. The van der Waals surface area contributed by atoms with Crippen LogP contribution >= 0.6 is 11.3 Å². The molecule has 2 heterocycles. The molecule has 1 aromatic carbocycles. The number of rotatable bonds is 4. The summed E-state index contributed by atoms with van der Waals surface area (Å²) in [5.74, 6) is 1.39. The smallest absolute Gasteiger partial charge is 0.299 e. The number of Topliss-reactive ketones (excluding diaryl/α,β-unsaturated/α-hetero) is 1. The number of benzene rings is 1. The Morgan fingerprint density at radius 1 is 1.17 bits per heavy atom. The van der Waals surface area contributed by atoms with Crippen LogP contribution in [0.2, 0.25) is 0 Å². The zero-order valence-corrected chi connectivity index (χ0v) is 17.8. The van der Waals surface area contributed by atoms with E-state index in [2.05, 4.69) is 5.92 Å². The van der Waals surface area contributed by atoms with E-state index < -0.39 is 18.0 Å². The van der Waals surface area contributed by atoms with Crippen LogP contribution < -0.4 is 0 Å². The van der Waals surface area contributed by atoms with Crippen molar-refractivity contribution >= 4 is 28.9 Å². The highest BCUT2D eigenvalue weighted by Gasteiger charge is 2.42. The van der Waals surface area contributed by atoms with Gasteiger partial charge in [0, 0.05) is 36.9 Å². The lowest BCUT2D eigenvalue weighted by molar-refractivity contribution is -0.139. The molecule has 0 saturated heterocycles. The summed E-state index contributed by atoms with van der Waals surface area (Å²) in [5, 5.41) is 1.97. The van der Waals surface area contributed by atoms with Gasteiger partial charge in [0.15, 0.2) is 5.78 Å². The van der Waals surface area contributed by atoms with Crippen LogP contribution in [0.25, 0.3) is 0 Å². The fourth-order valence-corrected chi connectivity index (χ4v) is 4.76. The Morgan fingerprint density at radius 2 is 1.83 bits per heavy atom. The highest BCUT2D eigenvalue weighted by molar-refractivity contribution is 7.10. The second-order valence-corrected chi connectivity index (χ2v) is 8.62. The van der Waals surface area contributed by atoms with Gasteiger partial charge < -0.3 is 9.80 Å². The van der Waals surface area contributed by atoms with Crippen molar-refractivity contribution in [1.29, 1.82) is 0 Å². The number of carbonyl (C=O) groups excluding carboxylic acids is 3. The number of thiophene rings is 1. The number of carbonyl (C=O) groups is 3. The van der Waals surface area contributed by atoms with Gasteiger partial charge in [0.05, 0.1) is 12.1 Å². The molecule has 0 radical (unpaired) electrons. The first-order valence-corrected chi connectivity index (χ1v) is 10.3. The van der Waals surface area contributed by atoms with Gasteiger partial charge in [0.1, 0.15) is 0 Å². The van der Waals surface area contributed by atoms with Crippen LogP contribution in [-0.4, -0.2) is 47.5 Å². The minimum atomic E-state index is -0.603. The van der Waals surface area contributed by atoms with Crippen molar-refractivity contribution < 1.29 is 14.4 Å². The first kappa shape index (κ1) is 20.8. The van der Waals surface area contributed by atoms with Gasteiger partial charge in [0.2, 0.25) is 0 Å². The minimum Gasteiger partial charge on any atom is -0.345 e. The fraction of sp³-hybridized carbons (Fsp3) is 0.348. The van der Waals surface area contributed by atoms with Gasteiger partial charge in [-0.2, -0.15) is 0 Å². The number of amides is 2. The summed E-state index contributed by atoms with van der Waals surface area (Å²) >= 11 is 1.55. The van der Waals surface area contributed by atoms with Crippen LogP contribution in [0.15, 0.2) is 35.7 Å². The molecule has 0 aliphatic carbocycles. The standard InChI is InChI=1S/C23H24N2O3S/c1-6-19(26)25-18(21(27)14(2)3)13-17-11-12-29-22(17)20(25)15-7-9-16(10-8-15)23(28)24(4)5/h1,7-12,14,18,20H,13H2,2-5H3/t18-,20+/m1/s1. The minimum absolute atomic E-state index is 0.00476. The summed E-state index contributed by atoms with van der Waals surface area (Å²) in [7, 11) is 3.40. The zero-order chi connectivity index (χ0) is 21.3. The maximum absolute atomic E-state index is 12.9. The Balaban J connectivity index is 2.11. The summed E-state index contributed by atoms with van der Waals surface area (Å²) in [6.45, 7) is 3.67. The summed E-state index contributed by atoms with van der Waals surface area (Å²) in [4.78, 5) is 42.0. The largest absolute Gasteiger partial charge is 0.345 e. The lowest BCUT2D eigenvalue weighted by atomic mass is 9.86. The zero-order valence-electron chi connectivity index (χ0n) is 17.0. The number of fused-ring (bicyclic) bond motifs is 1. The molecule has 6 heteroatoms. The second kappa shape index (κ2) is 8.22. The number of terminal acetylenes is 1. The van der Waals surface area contributed by atoms with Crippen molar-refractivity contribution in [3.8, 4) is 12.3 Å². The third-order valence-electron chi connectivity index (χ3n) is 5.19. The van der Waals surface area contributed by atoms with Gasteiger partial charge in [-0.3, -0.25) is 14.4 Å². The number of hydrogen-bond donors (Lipinski definition) is 0. The van der Waals surface area contributed by atoms with Crippen LogP contribution in [0.3, 0.4) is 0 Å². The summed E-state index contributed by atoms with van der Waals surface area (Å²) in [6, 6.07) is 8.13. The van der Waals surface area contributed by atoms with Gasteiger partial charge in [-0.25, -0.2) is 0 Å². The van der Waals surface area contributed by atoms with E-state index in [-0.39, 0.29) is 17.6 Å². The molecule has 2 atom stereocenters. The number of nitrogens with zero attached hydrogens (tertiary/aromatic N) is 2. The van der Waals surface area contributed by atoms with E-state index in [1.807, 2.05) is 37.4 Å². The fourth-order valence-electron chi connectivity index (χ4n) is 3.70. The number of ketones is 1. The van der Waals surface area contributed by atoms with Crippen molar-refractivity contribution in [2.75, 3.05) is 14.1 Å². The molecule has 1 aliphatic heterocycles. The molecular formula is C23H24N2O3S. The Labute approximate surface area is 175 Å². The first-order chi connectivity index (χ1) is 13.8. The molecule has 29 heavy (non-hydrogen) atoms. The Morgan fingerprint density at radius 3 is 2.38 bits per heavy atom. The van der Waals surface area contributed by atoms with Crippen LogP contribution in [0.4, 0.5) is 0 Å². The van der Waals surface area contributed by atoms with Crippen LogP contribution in [0.5, 0.6) is 0 Å². The van der Waals surface area contributed by atoms with E-state index in [1.165, 1.54) is 4.90 Å².